The third-order valence-corrected chi connectivity index (χ3v) is 7.25. The number of nitrogens with zero attached hydrogens (tertiary/aromatic N) is 3. The number of amides is 1. The highest BCUT2D eigenvalue weighted by molar-refractivity contribution is 5.94. The third-order valence-electron chi connectivity index (χ3n) is 7.25. The van der Waals surface area contributed by atoms with Crippen molar-refractivity contribution in [3.63, 3.8) is 0 Å². The number of hydrogen-bond acceptors (Lipinski definition) is 2. The lowest BCUT2D eigenvalue weighted by atomic mass is 9.90. The van der Waals surface area contributed by atoms with E-state index >= 15 is 0 Å². The largest absolute Gasteiger partial charge is 0.337 e. The minimum atomic E-state index is 0.0623. The molecule has 5 rings (SSSR count). The summed E-state index contributed by atoms with van der Waals surface area (Å²) in [5.41, 5.74) is 8.42. The van der Waals surface area contributed by atoms with Crippen molar-refractivity contribution in [1.82, 2.24) is 14.7 Å². The highest BCUT2D eigenvalue weighted by Gasteiger charge is 2.27. The molecule has 1 aromatic heterocycles. The topological polar surface area (TPSA) is 38.1 Å². The van der Waals surface area contributed by atoms with Crippen LogP contribution in [-0.2, 0) is 6.42 Å². The second-order valence-electron chi connectivity index (χ2n) is 9.89. The number of carbonyl (C=O) groups is 1. The van der Waals surface area contributed by atoms with Crippen LogP contribution in [0.2, 0.25) is 0 Å². The van der Waals surface area contributed by atoms with Gasteiger partial charge in [-0.15, -0.1) is 0 Å². The Morgan fingerprint density at radius 3 is 2.34 bits per heavy atom. The van der Waals surface area contributed by atoms with Crippen LogP contribution in [0.25, 0.3) is 16.9 Å². The summed E-state index contributed by atoms with van der Waals surface area (Å²) < 4.78 is 1.83. The second kappa shape index (κ2) is 9.91. The molecule has 4 aromatic rings. The molecular weight excluding hydrogens is 430 g/mol. The second-order valence-corrected chi connectivity index (χ2v) is 9.89. The molecule has 4 nitrogen and oxygen atoms in total. The molecule has 1 amide bonds. The number of hydrogen-bond donors (Lipinski definition) is 0. The molecule has 35 heavy (non-hydrogen) atoms. The zero-order valence-electron chi connectivity index (χ0n) is 20.9. The molecule has 0 atom stereocenters. The number of piperidine rings is 1. The van der Waals surface area contributed by atoms with E-state index in [1.54, 1.807) is 0 Å². The van der Waals surface area contributed by atoms with E-state index in [-0.39, 0.29) is 5.91 Å². The first-order chi connectivity index (χ1) is 17.0. The normalized spacial score (nSPS) is 14.3. The number of likely N-dealkylation sites (tertiary alicyclic amines) is 1. The van der Waals surface area contributed by atoms with E-state index < -0.39 is 0 Å². The Morgan fingerprint density at radius 2 is 1.63 bits per heavy atom. The van der Waals surface area contributed by atoms with E-state index in [2.05, 4.69) is 81.4 Å². The van der Waals surface area contributed by atoms with E-state index in [0.29, 0.717) is 11.6 Å². The van der Waals surface area contributed by atoms with Crippen molar-refractivity contribution in [1.29, 1.82) is 0 Å². The Balaban J connectivity index is 1.41. The lowest BCUT2D eigenvalue weighted by molar-refractivity contribution is 0.0681. The monoisotopic (exact) mass is 463 g/mol. The van der Waals surface area contributed by atoms with Gasteiger partial charge >= 0.3 is 0 Å². The molecule has 0 spiro atoms. The first kappa shape index (κ1) is 23.1. The van der Waals surface area contributed by atoms with Crippen LogP contribution in [0.4, 0.5) is 0 Å². The lowest BCUT2D eigenvalue weighted by Crippen LogP contribution is -2.39. The van der Waals surface area contributed by atoms with Crippen LogP contribution in [0.15, 0.2) is 78.9 Å². The van der Waals surface area contributed by atoms with Crippen LogP contribution in [-0.4, -0.2) is 33.7 Å². The van der Waals surface area contributed by atoms with Crippen molar-refractivity contribution in [2.75, 3.05) is 13.1 Å². The summed E-state index contributed by atoms with van der Waals surface area (Å²) in [6.45, 7) is 7.86. The number of aryl methyl sites for hydroxylation is 3. The Hall–Kier alpha value is -3.66. The maximum atomic E-state index is 13.8. The molecule has 2 heterocycles. The fourth-order valence-corrected chi connectivity index (χ4v) is 4.98. The van der Waals surface area contributed by atoms with Crippen LogP contribution in [0.1, 0.15) is 45.6 Å². The summed E-state index contributed by atoms with van der Waals surface area (Å²) in [6.07, 6.45) is 3.15. The Labute approximate surface area is 208 Å². The average molecular weight is 464 g/mol. The number of benzene rings is 3. The van der Waals surface area contributed by atoms with Crippen molar-refractivity contribution in [2.45, 2.75) is 40.0 Å². The molecule has 0 bridgehead atoms. The van der Waals surface area contributed by atoms with Gasteiger partial charge in [0.1, 0.15) is 5.69 Å². The molecule has 1 saturated heterocycles. The molecule has 0 unspecified atom stereocenters. The van der Waals surface area contributed by atoms with Crippen LogP contribution in [0.5, 0.6) is 0 Å². The minimum Gasteiger partial charge on any atom is -0.337 e. The van der Waals surface area contributed by atoms with Gasteiger partial charge in [0.05, 0.1) is 11.4 Å². The van der Waals surface area contributed by atoms with Gasteiger partial charge in [-0.05, 0) is 92.5 Å². The van der Waals surface area contributed by atoms with Crippen LogP contribution in [0.3, 0.4) is 0 Å². The average Bonchev–Trinajstić information content (AvgIpc) is 3.32. The first-order valence-electron chi connectivity index (χ1n) is 12.6. The Kier molecular flexibility index (Phi) is 6.54. The zero-order valence-corrected chi connectivity index (χ0v) is 20.9. The van der Waals surface area contributed by atoms with Crippen molar-refractivity contribution in [3.05, 3.63) is 107 Å². The molecule has 0 N–H and O–H groups in total. The molecule has 3 aromatic carbocycles. The molecule has 178 valence electrons. The molecular formula is C31H33N3O. The van der Waals surface area contributed by atoms with Gasteiger partial charge in [-0.1, -0.05) is 54.6 Å². The molecule has 1 aliphatic rings. The summed E-state index contributed by atoms with van der Waals surface area (Å²) in [6, 6.07) is 27.2. The van der Waals surface area contributed by atoms with Gasteiger partial charge in [0.2, 0.25) is 0 Å². The van der Waals surface area contributed by atoms with Crippen LogP contribution in [0, 0.1) is 26.7 Å². The fourth-order valence-electron chi connectivity index (χ4n) is 4.98. The van der Waals surface area contributed by atoms with Crippen molar-refractivity contribution < 1.29 is 4.79 Å². The molecule has 0 radical (unpaired) electrons. The van der Waals surface area contributed by atoms with Gasteiger partial charge in [-0.3, -0.25) is 4.79 Å². The first-order valence-corrected chi connectivity index (χ1v) is 12.6. The van der Waals surface area contributed by atoms with Crippen LogP contribution < -0.4 is 0 Å². The van der Waals surface area contributed by atoms with Crippen LogP contribution >= 0.6 is 0 Å². The number of rotatable bonds is 5. The molecule has 4 heteroatoms. The lowest BCUT2D eigenvalue weighted by Gasteiger charge is -2.32. The van der Waals surface area contributed by atoms with Gasteiger partial charge in [-0.2, -0.15) is 5.10 Å². The van der Waals surface area contributed by atoms with Gasteiger partial charge in [0.25, 0.3) is 5.91 Å². The molecule has 1 fully saturated rings. The molecule has 0 saturated carbocycles. The predicted octanol–water partition coefficient (Wildman–Crippen LogP) is 6.56. The van der Waals surface area contributed by atoms with Crippen molar-refractivity contribution in [3.8, 4) is 16.9 Å². The Bertz CT molecular complexity index is 1330. The van der Waals surface area contributed by atoms with E-state index in [4.69, 9.17) is 5.10 Å². The smallest absolute Gasteiger partial charge is 0.272 e. The maximum absolute atomic E-state index is 13.8. The third kappa shape index (κ3) is 5.07. The zero-order chi connectivity index (χ0) is 24.4. The number of carbonyl (C=O) groups excluding carboxylic acids is 1. The highest BCUT2D eigenvalue weighted by atomic mass is 16.2. The highest BCUT2D eigenvalue weighted by Crippen LogP contribution is 2.27. The van der Waals surface area contributed by atoms with Gasteiger partial charge < -0.3 is 4.90 Å². The maximum Gasteiger partial charge on any atom is 0.272 e. The minimum absolute atomic E-state index is 0.0623. The SMILES string of the molecule is Cc1cccc(-n2nc(-c3ccc(C)c(C)c3)cc2C(=O)N2CCC(Cc3ccccc3)CC2)c1. The predicted molar refractivity (Wildman–Crippen MR) is 142 cm³/mol. The van der Waals surface area contributed by atoms with Crippen molar-refractivity contribution in [2.24, 2.45) is 5.92 Å². The fraction of sp³-hybridized carbons (Fsp3) is 0.290. The number of aromatic nitrogens is 2. The summed E-state index contributed by atoms with van der Waals surface area (Å²) in [4.78, 5) is 15.8. The van der Waals surface area contributed by atoms with E-state index in [1.807, 2.05) is 27.8 Å². The van der Waals surface area contributed by atoms with Crippen molar-refractivity contribution >= 4 is 5.91 Å². The van der Waals surface area contributed by atoms with E-state index in [0.717, 1.165) is 54.9 Å². The van der Waals surface area contributed by atoms with E-state index in [1.165, 1.54) is 16.7 Å². The summed E-state index contributed by atoms with van der Waals surface area (Å²) >= 11 is 0. The summed E-state index contributed by atoms with van der Waals surface area (Å²) in [5, 5.41) is 4.92. The Morgan fingerprint density at radius 1 is 0.857 bits per heavy atom. The molecule has 1 aliphatic heterocycles. The van der Waals surface area contributed by atoms with E-state index in [9.17, 15) is 4.79 Å². The van der Waals surface area contributed by atoms with Gasteiger partial charge in [-0.25, -0.2) is 4.68 Å². The summed E-state index contributed by atoms with van der Waals surface area (Å²) in [7, 11) is 0. The standard InChI is InChI=1S/C31H33N3O/c1-22-8-7-11-28(18-22)34-30(21-29(32-34)27-13-12-23(2)24(3)19-27)31(35)33-16-14-26(15-17-33)20-25-9-5-4-6-10-25/h4-13,18-19,21,26H,14-17,20H2,1-3H3. The van der Waals surface area contributed by atoms with Gasteiger partial charge in [0, 0.05) is 18.7 Å². The quantitative estimate of drug-likeness (QED) is 0.336. The summed E-state index contributed by atoms with van der Waals surface area (Å²) in [5.74, 6) is 0.682. The van der Waals surface area contributed by atoms with Gasteiger partial charge in [0.15, 0.2) is 0 Å². The molecule has 0 aliphatic carbocycles.